The fourth-order valence-corrected chi connectivity index (χ4v) is 4.07. The summed E-state index contributed by atoms with van der Waals surface area (Å²) in [5.41, 5.74) is 9.71. The maximum atomic E-state index is 12.6. The van der Waals surface area contributed by atoms with E-state index >= 15 is 0 Å². The smallest absolute Gasteiger partial charge is 0.238 e. The van der Waals surface area contributed by atoms with Crippen molar-refractivity contribution in [3.8, 4) is 0 Å². The lowest BCUT2D eigenvalue weighted by Crippen LogP contribution is -2.42. The molecule has 2 atom stereocenters. The number of hydrogen-bond donors (Lipinski definition) is 3. The Hall–Kier alpha value is -2.22. The van der Waals surface area contributed by atoms with E-state index in [9.17, 15) is 4.79 Å². The molecule has 2 unspecified atom stereocenters. The number of carbonyl (C=O) groups excluding carboxylic acids is 1. The van der Waals surface area contributed by atoms with Gasteiger partial charge in [0.05, 0.1) is 24.5 Å². The fraction of sp³-hybridized carbons (Fsp3) is 0.524. The second kappa shape index (κ2) is 8.43. The highest BCUT2D eigenvalue weighted by Gasteiger charge is 2.30. The third-order valence-corrected chi connectivity index (χ3v) is 5.42. The zero-order chi connectivity index (χ0) is 19.5. The summed E-state index contributed by atoms with van der Waals surface area (Å²) in [6.07, 6.45) is 0.736. The van der Waals surface area contributed by atoms with Crippen LogP contribution in [-0.4, -0.2) is 39.7 Å². The van der Waals surface area contributed by atoms with Gasteiger partial charge in [0.25, 0.3) is 0 Å². The molecule has 2 aliphatic heterocycles. The number of amides is 1. The zero-order valence-corrected chi connectivity index (χ0v) is 16.7. The molecule has 28 heavy (non-hydrogen) atoms. The fourth-order valence-electron chi connectivity index (χ4n) is 4.07. The Morgan fingerprint density at radius 3 is 2.86 bits per heavy atom. The van der Waals surface area contributed by atoms with E-state index in [2.05, 4.69) is 62.9 Å². The number of carbonyl (C=O) groups is 1. The van der Waals surface area contributed by atoms with E-state index in [4.69, 9.17) is 0 Å². The zero-order valence-electron chi connectivity index (χ0n) is 16.7. The number of aromatic nitrogens is 2. The lowest BCUT2D eigenvalue weighted by Gasteiger charge is -2.28. The summed E-state index contributed by atoms with van der Waals surface area (Å²) in [7, 11) is 0. The molecule has 1 amide bonds. The van der Waals surface area contributed by atoms with E-state index in [-0.39, 0.29) is 18.0 Å². The Kier molecular flexibility index (Phi) is 5.75. The lowest BCUT2D eigenvalue weighted by molar-refractivity contribution is -0.123. The Morgan fingerprint density at radius 1 is 1.25 bits per heavy atom. The van der Waals surface area contributed by atoms with Crippen molar-refractivity contribution in [2.45, 2.75) is 52.0 Å². The first-order valence-electron chi connectivity index (χ1n) is 10.2. The molecule has 0 saturated carbocycles. The summed E-state index contributed by atoms with van der Waals surface area (Å²) in [4.78, 5) is 15.0. The van der Waals surface area contributed by atoms with Gasteiger partial charge in [-0.25, -0.2) is 10.9 Å². The summed E-state index contributed by atoms with van der Waals surface area (Å²) in [6.45, 7) is 8.98. The molecule has 2 aliphatic rings. The van der Waals surface area contributed by atoms with Crippen LogP contribution in [0.1, 0.15) is 43.3 Å². The van der Waals surface area contributed by atoms with E-state index in [1.807, 2.05) is 18.2 Å². The number of fused-ring (bicyclic) bond motifs is 1. The predicted molar refractivity (Wildman–Crippen MR) is 108 cm³/mol. The molecule has 0 aliphatic carbocycles. The van der Waals surface area contributed by atoms with Crippen molar-refractivity contribution in [2.24, 2.45) is 5.92 Å². The highest BCUT2D eigenvalue weighted by atomic mass is 16.2. The van der Waals surface area contributed by atoms with Crippen molar-refractivity contribution in [3.63, 3.8) is 0 Å². The number of nitrogens with one attached hydrogen (secondary N) is 3. The van der Waals surface area contributed by atoms with E-state index in [0.29, 0.717) is 12.5 Å². The molecule has 1 aromatic carbocycles. The monoisotopic (exact) mass is 382 g/mol. The van der Waals surface area contributed by atoms with Crippen LogP contribution in [0.5, 0.6) is 0 Å². The van der Waals surface area contributed by atoms with Crippen molar-refractivity contribution in [1.29, 1.82) is 0 Å². The summed E-state index contributed by atoms with van der Waals surface area (Å²) in [5, 5.41) is 7.70. The average molecular weight is 383 g/mol. The summed E-state index contributed by atoms with van der Waals surface area (Å²) < 4.78 is 2.08. The first-order valence-corrected chi connectivity index (χ1v) is 10.2. The van der Waals surface area contributed by atoms with Crippen LogP contribution in [-0.2, 0) is 24.4 Å². The molecule has 1 saturated heterocycles. The summed E-state index contributed by atoms with van der Waals surface area (Å²) in [5.74, 6) is 0.679. The van der Waals surface area contributed by atoms with Crippen molar-refractivity contribution in [2.75, 3.05) is 13.1 Å². The lowest BCUT2D eigenvalue weighted by atomic mass is 10.0. The van der Waals surface area contributed by atoms with Gasteiger partial charge in [0, 0.05) is 25.7 Å². The van der Waals surface area contributed by atoms with Crippen LogP contribution in [0.15, 0.2) is 36.4 Å². The number of hydrogen-bond acceptors (Lipinski definition) is 5. The third-order valence-electron chi connectivity index (χ3n) is 5.42. The van der Waals surface area contributed by atoms with Gasteiger partial charge in [0.15, 0.2) is 0 Å². The predicted octanol–water partition coefficient (Wildman–Crippen LogP) is 1.58. The van der Waals surface area contributed by atoms with Crippen molar-refractivity contribution in [1.82, 2.24) is 30.8 Å². The molecule has 150 valence electrons. The van der Waals surface area contributed by atoms with Gasteiger partial charge in [-0.05, 0) is 24.0 Å². The number of rotatable bonds is 6. The van der Waals surface area contributed by atoms with E-state index < -0.39 is 0 Å². The molecule has 2 aromatic rings. The van der Waals surface area contributed by atoms with Crippen molar-refractivity contribution >= 4 is 5.91 Å². The minimum absolute atomic E-state index is 0.0123. The maximum Gasteiger partial charge on any atom is 0.238 e. The van der Waals surface area contributed by atoms with Gasteiger partial charge in [0.1, 0.15) is 6.04 Å². The van der Waals surface area contributed by atoms with Gasteiger partial charge in [-0.3, -0.25) is 14.4 Å². The van der Waals surface area contributed by atoms with Gasteiger partial charge < -0.3 is 5.32 Å². The number of nitrogens with zero attached hydrogens (tertiary/aromatic N) is 3. The molecular weight excluding hydrogens is 352 g/mol. The average Bonchev–Trinajstić information content (AvgIpc) is 3.33. The second-order valence-electron chi connectivity index (χ2n) is 8.24. The molecule has 1 aromatic heterocycles. The van der Waals surface area contributed by atoms with Gasteiger partial charge in [0.2, 0.25) is 5.91 Å². The normalized spacial score (nSPS) is 22.4. The molecule has 3 heterocycles. The molecule has 7 nitrogen and oxygen atoms in total. The van der Waals surface area contributed by atoms with Crippen molar-refractivity contribution < 1.29 is 4.79 Å². The highest BCUT2D eigenvalue weighted by molar-refractivity contribution is 5.82. The van der Waals surface area contributed by atoms with Crippen LogP contribution >= 0.6 is 0 Å². The molecule has 0 bridgehead atoms. The minimum Gasteiger partial charge on any atom is -0.349 e. The molecule has 4 rings (SSSR count). The summed E-state index contributed by atoms with van der Waals surface area (Å²) in [6, 6.07) is 12.3. The Morgan fingerprint density at radius 2 is 2.07 bits per heavy atom. The third kappa shape index (κ3) is 4.43. The van der Waals surface area contributed by atoms with Crippen LogP contribution in [0, 0.1) is 5.92 Å². The molecule has 7 heteroatoms. The van der Waals surface area contributed by atoms with Crippen LogP contribution in [0.4, 0.5) is 0 Å². The standard InChI is InChI=1S/C21H30N6O/c1-15(2)13-26-8-9-27-18(14-26)10-17(25-27)12-22-21(28)20-11-19(23-24-20)16-6-4-3-5-7-16/h3-7,10,15,19-20,23-24H,8-9,11-14H2,1-2H3,(H,22,28). The van der Waals surface area contributed by atoms with Gasteiger partial charge in [-0.1, -0.05) is 44.2 Å². The Labute approximate surface area is 166 Å². The van der Waals surface area contributed by atoms with Crippen LogP contribution in [0.2, 0.25) is 0 Å². The van der Waals surface area contributed by atoms with Crippen molar-refractivity contribution in [3.05, 3.63) is 53.3 Å². The quantitative estimate of drug-likeness (QED) is 0.707. The van der Waals surface area contributed by atoms with E-state index in [0.717, 1.165) is 38.3 Å². The summed E-state index contributed by atoms with van der Waals surface area (Å²) >= 11 is 0. The molecule has 0 spiro atoms. The van der Waals surface area contributed by atoms with Gasteiger partial charge in [-0.2, -0.15) is 5.10 Å². The molecule has 0 radical (unpaired) electrons. The second-order valence-corrected chi connectivity index (χ2v) is 8.24. The number of hydrazine groups is 1. The topological polar surface area (TPSA) is 74.2 Å². The molecule has 3 N–H and O–H groups in total. The Balaban J connectivity index is 1.28. The molecular formula is C21H30N6O. The van der Waals surface area contributed by atoms with Crippen LogP contribution < -0.4 is 16.2 Å². The molecule has 1 fully saturated rings. The van der Waals surface area contributed by atoms with Gasteiger partial charge >= 0.3 is 0 Å². The number of benzene rings is 1. The van der Waals surface area contributed by atoms with E-state index in [1.165, 1.54) is 11.3 Å². The first kappa shape index (κ1) is 19.1. The highest BCUT2D eigenvalue weighted by Crippen LogP contribution is 2.22. The van der Waals surface area contributed by atoms with Crippen LogP contribution in [0.25, 0.3) is 0 Å². The SMILES string of the molecule is CC(C)CN1CCn2nc(CNC(=O)C3CC(c4ccccc4)NN3)cc2C1. The minimum atomic E-state index is -0.232. The van der Waals surface area contributed by atoms with Gasteiger partial charge in [-0.15, -0.1) is 0 Å². The Bertz CT molecular complexity index is 802. The van der Waals surface area contributed by atoms with Crippen LogP contribution in [0.3, 0.4) is 0 Å². The maximum absolute atomic E-state index is 12.6. The van der Waals surface area contributed by atoms with E-state index in [1.54, 1.807) is 0 Å². The largest absolute Gasteiger partial charge is 0.349 e. The first-order chi connectivity index (χ1) is 13.6.